The fourth-order valence-corrected chi connectivity index (χ4v) is 5.17. The molecule has 0 spiro atoms. The summed E-state index contributed by atoms with van der Waals surface area (Å²) in [6.07, 6.45) is 4.52. The van der Waals surface area contributed by atoms with Crippen LogP contribution in [0.5, 0.6) is 0 Å². The Morgan fingerprint density at radius 1 is 1.08 bits per heavy atom. The number of nitrogens with one attached hydrogen (secondary N) is 1. The molecule has 1 atom stereocenters. The molecule has 0 radical (unpaired) electrons. The molecular weight excluding hydrogens is 350 g/mol. The van der Waals surface area contributed by atoms with Crippen molar-refractivity contribution in [1.82, 2.24) is 14.5 Å². The lowest BCUT2D eigenvalue weighted by molar-refractivity contribution is -0.127. The van der Waals surface area contributed by atoms with E-state index in [0.717, 1.165) is 18.4 Å². The molecule has 0 unspecified atom stereocenters. The number of amides is 1. The van der Waals surface area contributed by atoms with E-state index in [-0.39, 0.29) is 11.9 Å². The van der Waals surface area contributed by atoms with Gasteiger partial charge in [0.2, 0.25) is 15.9 Å². The van der Waals surface area contributed by atoms with Crippen molar-refractivity contribution in [3.63, 3.8) is 0 Å². The third-order valence-corrected chi connectivity index (χ3v) is 7.47. The molecule has 7 heteroatoms. The zero-order chi connectivity index (χ0) is 18.7. The van der Waals surface area contributed by atoms with Crippen molar-refractivity contribution in [3.05, 3.63) is 29.8 Å². The molecule has 1 heterocycles. The Bertz CT molecular complexity index is 719. The highest BCUT2D eigenvalue weighted by molar-refractivity contribution is 7.89. The van der Waals surface area contributed by atoms with Gasteiger partial charge in [-0.05, 0) is 38.8 Å². The second kappa shape index (κ2) is 8.06. The van der Waals surface area contributed by atoms with Gasteiger partial charge in [0.25, 0.3) is 0 Å². The van der Waals surface area contributed by atoms with E-state index in [2.05, 4.69) is 10.2 Å². The Morgan fingerprint density at radius 3 is 2.23 bits per heavy atom. The van der Waals surface area contributed by atoms with Crippen LogP contribution in [0.15, 0.2) is 29.2 Å². The molecule has 26 heavy (non-hydrogen) atoms. The molecule has 6 nitrogen and oxygen atoms in total. The minimum absolute atomic E-state index is 0.0618. The Kier molecular flexibility index (Phi) is 5.99. The third kappa shape index (κ3) is 4.27. The number of carbonyl (C=O) groups excluding carboxylic acids is 1. The Hall–Kier alpha value is -1.44. The van der Waals surface area contributed by atoms with Crippen LogP contribution >= 0.6 is 0 Å². The molecule has 1 aliphatic heterocycles. The number of rotatable bonds is 5. The van der Waals surface area contributed by atoms with E-state index in [1.54, 1.807) is 12.1 Å². The maximum atomic E-state index is 12.8. The number of carbonyl (C=O) groups is 1. The number of nitrogens with zero attached hydrogens (tertiary/aromatic N) is 2. The van der Waals surface area contributed by atoms with Gasteiger partial charge in [-0.15, -0.1) is 0 Å². The molecule has 1 aromatic carbocycles. The van der Waals surface area contributed by atoms with Crippen LogP contribution in [0.25, 0.3) is 0 Å². The normalized spacial score (nSPS) is 21.6. The van der Waals surface area contributed by atoms with Gasteiger partial charge < -0.3 is 5.32 Å². The lowest BCUT2D eigenvalue weighted by atomic mass is 10.2. The van der Waals surface area contributed by atoms with Gasteiger partial charge in [0.15, 0.2) is 0 Å². The first-order valence-electron chi connectivity index (χ1n) is 9.49. The Balaban J connectivity index is 1.56. The lowest BCUT2D eigenvalue weighted by Gasteiger charge is -2.37. The molecule has 0 aromatic heterocycles. The van der Waals surface area contributed by atoms with Gasteiger partial charge in [0.1, 0.15) is 0 Å². The van der Waals surface area contributed by atoms with Crippen molar-refractivity contribution < 1.29 is 13.2 Å². The number of sulfonamides is 1. The molecule has 1 aromatic rings. The number of piperazine rings is 1. The maximum absolute atomic E-state index is 12.8. The average molecular weight is 380 g/mol. The lowest BCUT2D eigenvalue weighted by Crippen LogP contribution is -2.55. The zero-order valence-corrected chi connectivity index (χ0v) is 16.5. The van der Waals surface area contributed by atoms with E-state index in [0.29, 0.717) is 37.1 Å². The molecule has 144 valence electrons. The van der Waals surface area contributed by atoms with Crippen LogP contribution in [0.2, 0.25) is 0 Å². The molecule has 2 aliphatic rings. The van der Waals surface area contributed by atoms with Gasteiger partial charge in [0.05, 0.1) is 10.9 Å². The van der Waals surface area contributed by atoms with Crippen LogP contribution in [0.4, 0.5) is 0 Å². The monoisotopic (exact) mass is 379 g/mol. The van der Waals surface area contributed by atoms with Crippen molar-refractivity contribution >= 4 is 15.9 Å². The van der Waals surface area contributed by atoms with Crippen LogP contribution in [-0.2, 0) is 14.8 Å². The fourth-order valence-electron chi connectivity index (χ4n) is 3.75. The van der Waals surface area contributed by atoms with Crippen LogP contribution in [-0.4, -0.2) is 61.8 Å². The van der Waals surface area contributed by atoms with Gasteiger partial charge in [-0.25, -0.2) is 8.42 Å². The van der Waals surface area contributed by atoms with Crippen LogP contribution in [0.1, 0.15) is 38.2 Å². The van der Waals surface area contributed by atoms with E-state index in [1.807, 2.05) is 26.0 Å². The highest BCUT2D eigenvalue weighted by atomic mass is 32.2. The summed E-state index contributed by atoms with van der Waals surface area (Å²) in [5.74, 6) is 0.0618. The largest absolute Gasteiger partial charge is 0.352 e. The van der Waals surface area contributed by atoms with Crippen molar-refractivity contribution in [2.24, 2.45) is 0 Å². The van der Waals surface area contributed by atoms with Crippen LogP contribution in [0.3, 0.4) is 0 Å². The average Bonchev–Trinajstić information content (AvgIpc) is 3.14. The predicted octanol–water partition coefficient (Wildman–Crippen LogP) is 1.75. The van der Waals surface area contributed by atoms with Crippen LogP contribution < -0.4 is 5.32 Å². The molecule has 1 saturated heterocycles. The number of hydrogen-bond donors (Lipinski definition) is 1. The summed E-state index contributed by atoms with van der Waals surface area (Å²) in [6.45, 7) is 5.82. The predicted molar refractivity (Wildman–Crippen MR) is 101 cm³/mol. The SMILES string of the molecule is Cc1ccc(S(=O)(=O)N2CCN([C@H](C)C(=O)NC3CCCC3)CC2)cc1. The smallest absolute Gasteiger partial charge is 0.243 e. The molecule has 1 saturated carbocycles. The first kappa shape index (κ1) is 19.3. The second-order valence-corrected chi connectivity index (χ2v) is 9.36. The quantitative estimate of drug-likeness (QED) is 0.846. The van der Waals surface area contributed by atoms with Crippen molar-refractivity contribution in [2.75, 3.05) is 26.2 Å². The van der Waals surface area contributed by atoms with E-state index >= 15 is 0 Å². The van der Waals surface area contributed by atoms with Gasteiger partial charge in [-0.2, -0.15) is 4.31 Å². The molecule has 1 aliphatic carbocycles. The minimum Gasteiger partial charge on any atom is -0.352 e. The van der Waals surface area contributed by atoms with E-state index in [9.17, 15) is 13.2 Å². The topological polar surface area (TPSA) is 69.7 Å². The van der Waals surface area contributed by atoms with Gasteiger partial charge in [-0.3, -0.25) is 9.69 Å². The summed E-state index contributed by atoms with van der Waals surface area (Å²) in [5, 5.41) is 3.14. The van der Waals surface area contributed by atoms with E-state index in [4.69, 9.17) is 0 Å². The molecule has 3 rings (SSSR count). The highest BCUT2D eigenvalue weighted by Crippen LogP contribution is 2.20. The standard InChI is InChI=1S/C19H29N3O3S/c1-15-7-9-18(10-8-15)26(24,25)22-13-11-21(12-14-22)16(2)19(23)20-17-5-3-4-6-17/h7-10,16-17H,3-6,11-14H2,1-2H3,(H,20,23)/t16-/m1/s1. The van der Waals surface area contributed by atoms with E-state index < -0.39 is 10.0 Å². The summed E-state index contributed by atoms with van der Waals surface area (Å²) >= 11 is 0. The molecule has 2 fully saturated rings. The van der Waals surface area contributed by atoms with Crippen molar-refractivity contribution in [3.8, 4) is 0 Å². The van der Waals surface area contributed by atoms with Gasteiger partial charge in [0, 0.05) is 32.2 Å². The highest BCUT2D eigenvalue weighted by Gasteiger charge is 2.32. The summed E-state index contributed by atoms with van der Waals surface area (Å²) in [6, 6.07) is 7.05. The number of hydrogen-bond acceptors (Lipinski definition) is 4. The molecular formula is C19H29N3O3S. The Morgan fingerprint density at radius 2 is 1.65 bits per heavy atom. The Labute approximate surface area is 156 Å². The first-order chi connectivity index (χ1) is 12.4. The minimum atomic E-state index is -3.46. The number of aryl methyl sites for hydroxylation is 1. The summed E-state index contributed by atoms with van der Waals surface area (Å²) < 4.78 is 27.1. The molecule has 1 amide bonds. The fraction of sp³-hybridized carbons (Fsp3) is 0.632. The second-order valence-electron chi connectivity index (χ2n) is 7.42. The maximum Gasteiger partial charge on any atom is 0.243 e. The van der Waals surface area contributed by atoms with Crippen molar-refractivity contribution in [1.29, 1.82) is 0 Å². The molecule has 1 N–H and O–H groups in total. The van der Waals surface area contributed by atoms with E-state index in [1.165, 1.54) is 17.1 Å². The first-order valence-corrected chi connectivity index (χ1v) is 10.9. The number of benzene rings is 1. The van der Waals surface area contributed by atoms with Gasteiger partial charge >= 0.3 is 0 Å². The summed E-state index contributed by atoms with van der Waals surface area (Å²) in [4.78, 5) is 14.9. The van der Waals surface area contributed by atoms with Crippen LogP contribution in [0, 0.1) is 6.92 Å². The zero-order valence-electron chi connectivity index (χ0n) is 15.6. The third-order valence-electron chi connectivity index (χ3n) is 5.56. The van der Waals surface area contributed by atoms with Gasteiger partial charge in [-0.1, -0.05) is 30.5 Å². The van der Waals surface area contributed by atoms with Crippen molar-refractivity contribution in [2.45, 2.75) is 56.5 Å². The molecule has 0 bridgehead atoms. The summed E-state index contributed by atoms with van der Waals surface area (Å²) in [5.41, 5.74) is 1.04. The summed E-state index contributed by atoms with van der Waals surface area (Å²) in [7, 11) is -3.46.